The second kappa shape index (κ2) is 37.0. The van der Waals surface area contributed by atoms with Crippen LogP contribution in [0.25, 0.3) is 0 Å². The van der Waals surface area contributed by atoms with Gasteiger partial charge in [-0.05, 0) is 38.5 Å². The summed E-state index contributed by atoms with van der Waals surface area (Å²) in [4.78, 5) is 37.4. The lowest BCUT2D eigenvalue weighted by atomic mass is 10.1. The zero-order valence-corrected chi connectivity index (χ0v) is 31.3. The summed E-state index contributed by atoms with van der Waals surface area (Å²) in [6.45, 7) is 6.54. The summed E-state index contributed by atoms with van der Waals surface area (Å²) >= 11 is 0. The number of carbonyl (C=O) groups excluding carboxylic acids is 3. The highest BCUT2D eigenvalue weighted by molar-refractivity contribution is 5.71. The summed E-state index contributed by atoms with van der Waals surface area (Å²) in [6.07, 6.45) is 36.2. The molecule has 0 aromatic carbocycles. The van der Waals surface area contributed by atoms with Crippen LogP contribution in [0, 0.1) is 0 Å². The highest BCUT2D eigenvalue weighted by atomic mass is 16.6. The second-order valence-electron chi connectivity index (χ2n) is 13.6. The summed E-state index contributed by atoms with van der Waals surface area (Å²) < 4.78 is 16.6. The topological polar surface area (TPSA) is 78.9 Å². The van der Waals surface area contributed by atoms with Gasteiger partial charge < -0.3 is 14.2 Å². The van der Waals surface area contributed by atoms with Gasteiger partial charge in [0.1, 0.15) is 13.2 Å². The van der Waals surface area contributed by atoms with Crippen LogP contribution in [0.1, 0.15) is 213 Å². The predicted octanol–water partition coefficient (Wildman–Crippen LogP) is 12.3. The van der Waals surface area contributed by atoms with E-state index in [-0.39, 0.29) is 31.1 Å². The number of unbranched alkanes of at least 4 members (excludes halogenated alkanes) is 23. The molecule has 0 radical (unpaired) electrons. The van der Waals surface area contributed by atoms with E-state index in [1.807, 2.05) is 0 Å². The van der Waals surface area contributed by atoms with E-state index < -0.39 is 6.10 Å². The first-order valence-corrected chi connectivity index (χ1v) is 20.2. The number of hydrogen-bond acceptors (Lipinski definition) is 6. The number of hydrogen-bond donors (Lipinski definition) is 0. The van der Waals surface area contributed by atoms with Gasteiger partial charge in [0.05, 0.1) is 0 Å². The Morgan fingerprint density at radius 3 is 1.13 bits per heavy atom. The lowest BCUT2D eigenvalue weighted by Gasteiger charge is -2.18. The molecule has 0 amide bonds. The normalized spacial score (nSPS) is 12.0. The maximum Gasteiger partial charge on any atom is 0.306 e. The Hall–Kier alpha value is -1.85. The maximum atomic E-state index is 12.6. The molecule has 0 heterocycles. The standard InChI is InChI=1S/C41H76O6/c1-4-7-10-13-16-19-20-23-25-28-31-34-40(43)46-37-38(47-41(44)35-32-29-26-22-18-15-12-9-6-3)36-45-39(42)33-30-27-24-21-17-14-11-8-5-2/h13,16,38H,4-12,14-15,17-37H2,1-3H3/b16-13-/t38-/m1/s1. The molecule has 0 spiro atoms. The third-order valence-electron chi connectivity index (χ3n) is 8.77. The van der Waals surface area contributed by atoms with Gasteiger partial charge in [0.2, 0.25) is 0 Å². The van der Waals surface area contributed by atoms with Crippen LogP contribution in [0.4, 0.5) is 0 Å². The van der Waals surface area contributed by atoms with Crippen LogP contribution in [0.3, 0.4) is 0 Å². The largest absolute Gasteiger partial charge is 0.462 e. The Kier molecular flexibility index (Phi) is 35.5. The minimum Gasteiger partial charge on any atom is -0.462 e. The molecule has 0 aliphatic rings. The predicted molar refractivity (Wildman–Crippen MR) is 196 cm³/mol. The fourth-order valence-corrected chi connectivity index (χ4v) is 5.66. The molecule has 0 saturated heterocycles. The molecular weight excluding hydrogens is 588 g/mol. The van der Waals surface area contributed by atoms with Crippen molar-refractivity contribution in [3.05, 3.63) is 12.2 Å². The van der Waals surface area contributed by atoms with E-state index in [1.165, 1.54) is 109 Å². The average molecular weight is 665 g/mol. The first-order valence-electron chi connectivity index (χ1n) is 20.2. The number of rotatable bonds is 36. The van der Waals surface area contributed by atoms with E-state index in [2.05, 4.69) is 32.9 Å². The summed E-state index contributed by atoms with van der Waals surface area (Å²) in [5, 5.41) is 0. The molecule has 47 heavy (non-hydrogen) atoms. The van der Waals surface area contributed by atoms with Crippen LogP contribution < -0.4 is 0 Å². The minimum absolute atomic E-state index is 0.0695. The van der Waals surface area contributed by atoms with Gasteiger partial charge in [-0.25, -0.2) is 0 Å². The number of ether oxygens (including phenoxy) is 3. The van der Waals surface area contributed by atoms with Crippen LogP contribution in [-0.4, -0.2) is 37.2 Å². The highest BCUT2D eigenvalue weighted by Gasteiger charge is 2.19. The summed E-state index contributed by atoms with van der Waals surface area (Å²) in [7, 11) is 0. The van der Waals surface area contributed by atoms with E-state index in [1.54, 1.807) is 0 Å². The van der Waals surface area contributed by atoms with Crippen molar-refractivity contribution in [3.8, 4) is 0 Å². The monoisotopic (exact) mass is 665 g/mol. The Morgan fingerprint density at radius 2 is 0.723 bits per heavy atom. The van der Waals surface area contributed by atoms with Crippen molar-refractivity contribution >= 4 is 17.9 Å². The van der Waals surface area contributed by atoms with Gasteiger partial charge in [-0.2, -0.15) is 0 Å². The van der Waals surface area contributed by atoms with Gasteiger partial charge in [-0.15, -0.1) is 0 Å². The lowest BCUT2D eigenvalue weighted by molar-refractivity contribution is -0.167. The Bertz CT molecular complexity index is 733. The number of allylic oxidation sites excluding steroid dienone is 2. The van der Waals surface area contributed by atoms with Gasteiger partial charge >= 0.3 is 17.9 Å². The van der Waals surface area contributed by atoms with E-state index in [0.29, 0.717) is 19.3 Å². The minimum atomic E-state index is -0.762. The van der Waals surface area contributed by atoms with E-state index >= 15 is 0 Å². The average Bonchev–Trinajstić information content (AvgIpc) is 3.06. The molecule has 0 N–H and O–H groups in total. The van der Waals surface area contributed by atoms with Crippen LogP contribution in [0.5, 0.6) is 0 Å². The van der Waals surface area contributed by atoms with Crippen molar-refractivity contribution < 1.29 is 28.6 Å². The first kappa shape index (κ1) is 45.2. The number of esters is 3. The Labute approximate surface area is 290 Å². The zero-order chi connectivity index (χ0) is 34.5. The van der Waals surface area contributed by atoms with Crippen LogP contribution >= 0.6 is 0 Å². The molecule has 0 bridgehead atoms. The molecule has 276 valence electrons. The van der Waals surface area contributed by atoms with Crippen molar-refractivity contribution in [2.24, 2.45) is 0 Å². The maximum absolute atomic E-state index is 12.6. The quantitative estimate of drug-likeness (QED) is 0.0287. The first-order chi connectivity index (χ1) is 23.0. The zero-order valence-electron chi connectivity index (χ0n) is 31.3. The summed E-state index contributed by atoms with van der Waals surface area (Å²) in [6, 6.07) is 0. The molecule has 0 aliphatic heterocycles. The van der Waals surface area contributed by atoms with E-state index in [4.69, 9.17) is 14.2 Å². The van der Waals surface area contributed by atoms with Crippen molar-refractivity contribution in [1.82, 2.24) is 0 Å². The molecule has 6 heteroatoms. The summed E-state index contributed by atoms with van der Waals surface area (Å²) in [5.74, 6) is -0.884. The van der Waals surface area contributed by atoms with Gasteiger partial charge in [0, 0.05) is 19.3 Å². The van der Waals surface area contributed by atoms with Crippen LogP contribution in [0.15, 0.2) is 12.2 Å². The van der Waals surface area contributed by atoms with Crippen molar-refractivity contribution in [2.45, 2.75) is 219 Å². The molecule has 0 fully saturated rings. The molecular formula is C41H76O6. The molecule has 0 saturated carbocycles. The van der Waals surface area contributed by atoms with Gasteiger partial charge in [-0.3, -0.25) is 14.4 Å². The molecule has 6 nitrogen and oxygen atoms in total. The van der Waals surface area contributed by atoms with Crippen LogP contribution in [-0.2, 0) is 28.6 Å². The van der Waals surface area contributed by atoms with Crippen LogP contribution in [0.2, 0.25) is 0 Å². The fraction of sp³-hybridized carbons (Fsp3) is 0.878. The third kappa shape index (κ3) is 35.3. The molecule has 0 aromatic rings. The smallest absolute Gasteiger partial charge is 0.306 e. The molecule has 1 atom stereocenters. The van der Waals surface area contributed by atoms with E-state index in [0.717, 1.165) is 64.2 Å². The molecule has 0 unspecified atom stereocenters. The Morgan fingerprint density at radius 1 is 0.404 bits per heavy atom. The van der Waals surface area contributed by atoms with Gasteiger partial charge in [0.15, 0.2) is 6.10 Å². The van der Waals surface area contributed by atoms with Crippen molar-refractivity contribution in [2.75, 3.05) is 13.2 Å². The van der Waals surface area contributed by atoms with Crippen molar-refractivity contribution in [1.29, 1.82) is 0 Å². The number of carbonyl (C=O) groups is 3. The lowest BCUT2D eigenvalue weighted by Crippen LogP contribution is -2.30. The van der Waals surface area contributed by atoms with E-state index in [9.17, 15) is 14.4 Å². The fourth-order valence-electron chi connectivity index (χ4n) is 5.66. The highest BCUT2D eigenvalue weighted by Crippen LogP contribution is 2.14. The molecule has 0 aromatic heterocycles. The third-order valence-corrected chi connectivity index (χ3v) is 8.77. The molecule has 0 rings (SSSR count). The van der Waals surface area contributed by atoms with Gasteiger partial charge in [-0.1, -0.05) is 168 Å². The van der Waals surface area contributed by atoms with Crippen molar-refractivity contribution in [3.63, 3.8) is 0 Å². The SMILES string of the molecule is CCCC/C=C\CCCCCCCC(=O)OC[C@@H](COC(=O)CCCCCCCCCCC)OC(=O)CCCCCCCCCCC. The Balaban J connectivity index is 4.35. The molecule has 0 aliphatic carbocycles. The second-order valence-corrected chi connectivity index (χ2v) is 13.6. The summed E-state index contributed by atoms with van der Waals surface area (Å²) in [5.41, 5.74) is 0. The van der Waals surface area contributed by atoms with Gasteiger partial charge in [0.25, 0.3) is 0 Å².